The van der Waals surface area contributed by atoms with Crippen molar-refractivity contribution in [3.8, 4) is 17.0 Å². The van der Waals surface area contributed by atoms with Crippen LogP contribution in [0.1, 0.15) is 42.5 Å². The van der Waals surface area contributed by atoms with E-state index in [1.165, 1.54) is 19.3 Å². The van der Waals surface area contributed by atoms with Crippen LogP contribution >= 0.6 is 12.4 Å². The molecule has 3 rings (SSSR count). The molecule has 1 aliphatic rings. The number of nitrogens with one attached hydrogen (secondary N) is 2. The zero-order valence-electron chi connectivity index (χ0n) is 15.0. The molecule has 6 nitrogen and oxygen atoms in total. The van der Waals surface area contributed by atoms with E-state index in [4.69, 9.17) is 10.5 Å². The van der Waals surface area contributed by atoms with Gasteiger partial charge in [-0.15, -0.1) is 12.4 Å². The van der Waals surface area contributed by atoms with Crippen molar-refractivity contribution in [2.75, 3.05) is 13.7 Å². The molecule has 0 radical (unpaired) electrons. The lowest BCUT2D eigenvalue weighted by Gasteiger charge is -2.30. The quantitative estimate of drug-likeness (QED) is 0.719. The fraction of sp³-hybridized carbons (Fsp3) is 0.474. The van der Waals surface area contributed by atoms with Gasteiger partial charge in [0, 0.05) is 18.2 Å². The van der Waals surface area contributed by atoms with Crippen LogP contribution in [0.2, 0.25) is 0 Å². The monoisotopic (exact) mass is 378 g/mol. The first kappa shape index (κ1) is 20.3. The average molecular weight is 379 g/mol. The van der Waals surface area contributed by atoms with Gasteiger partial charge in [-0.1, -0.05) is 19.3 Å². The molecule has 1 aromatic carbocycles. The molecule has 142 valence electrons. The summed E-state index contributed by atoms with van der Waals surface area (Å²) in [7, 11) is 1.63. The van der Waals surface area contributed by atoms with Crippen molar-refractivity contribution in [3.63, 3.8) is 0 Å². The van der Waals surface area contributed by atoms with Crippen molar-refractivity contribution in [3.05, 3.63) is 36.0 Å². The second-order valence-electron chi connectivity index (χ2n) is 6.60. The summed E-state index contributed by atoms with van der Waals surface area (Å²) in [5.41, 5.74) is 8.08. The Labute approximate surface area is 160 Å². The molecule has 7 heteroatoms. The van der Waals surface area contributed by atoms with E-state index in [1.54, 1.807) is 13.3 Å². The summed E-state index contributed by atoms with van der Waals surface area (Å²) in [5, 5.41) is 10.1. The van der Waals surface area contributed by atoms with Gasteiger partial charge in [-0.05, 0) is 43.0 Å². The average Bonchev–Trinajstić information content (AvgIpc) is 3.16. The Morgan fingerprint density at radius 2 is 2.00 bits per heavy atom. The first-order chi connectivity index (χ1) is 12.2. The van der Waals surface area contributed by atoms with Gasteiger partial charge in [-0.2, -0.15) is 5.10 Å². The molecule has 26 heavy (non-hydrogen) atoms. The number of carbonyl (C=O) groups is 1. The van der Waals surface area contributed by atoms with E-state index >= 15 is 0 Å². The minimum absolute atomic E-state index is 0. The Hall–Kier alpha value is -2.05. The zero-order valence-corrected chi connectivity index (χ0v) is 15.8. The Kier molecular flexibility index (Phi) is 7.48. The molecule has 1 aromatic heterocycles. The van der Waals surface area contributed by atoms with Crippen molar-refractivity contribution in [1.82, 2.24) is 15.5 Å². The summed E-state index contributed by atoms with van der Waals surface area (Å²) >= 11 is 0. The van der Waals surface area contributed by atoms with Crippen LogP contribution in [0.4, 0.5) is 0 Å². The number of hydrogen-bond acceptors (Lipinski definition) is 4. The number of aromatic amines is 1. The molecule has 1 aliphatic carbocycles. The van der Waals surface area contributed by atoms with Crippen molar-refractivity contribution in [2.24, 2.45) is 11.7 Å². The highest BCUT2D eigenvalue weighted by molar-refractivity contribution is 5.99. The van der Waals surface area contributed by atoms with Crippen molar-refractivity contribution < 1.29 is 9.53 Å². The highest BCUT2D eigenvalue weighted by Gasteiger charge is 2.25. The van der Waals surface area contributed by atoms with Gasteiger partial charge >= 0.3 is 0 Å². The summed E-state index contributed by atoms with van der Waals surface area (Å²) in [4.78, 5) is 12.8. The Bertz CT molecular complexity index is 696. The minimum atomic E-state index is -0.124. The molecule has 1 heterocycles. The van der Waals surface area contributed by atoms with E-state index in [2.05, 4.69) is 15.5 Å². The zero-order chi connectivity index (χ0) is 17.6. The maximum Gasteiger partial charge on any atom is 0.255 e. The summed E-state index contributed by atoms with van der Waals surface area (Å²) in [5.74, 6) is 1.12. The molecule has 0 aliphatic heterocycles. The third-order valence-electron chi connectivity index (χ3n) is 5.05. The Morgan fingerprint density at radius 1 is 1.31 bits per heavy atom. The fourth-order valence-electron chi connectivity index (χ4n) is 3.59. The summed E-state index contributed by atoms with van der Waals surface area (Å²) in [6.07, 6.45) is 7.58. The second-order valence-corrected chi connectivity index (χ2v) is 6.60. The van der Waals surface area contributed by atoms with E-state index in [1.807, 2.05) is 24.3 Å². The molecule has 2 aromatic rings. The SMILES string of the molecule is COc1ccc(-c2[nH]ncc2C(=O)NC(CN)C2CCCCC2)cc1.Cl. The van der Waals surface area contributed by atoms with E-state index in [0.717, 1.165) is 24.2 Å². The molecule has 1 amide bonds. The predicted octanol–water partition coefficient (Wildman–Crippen LogP) is 3.14. The molecule has 4 N–H and O–H groups in total. The Morgan fingerprint density at radius 3 is 2.62 bits per heavy atom. The number of rotatable bonds is 6. The van der Waals surface area contributed by atoms with Crippen molar-refractivity contribution in [1.29, 1.82) is 0 Å². The van der Waals surface area contributed by atoms with Gasteiger partial charge in [0.25, 0.3) is 5.91 Å². The van der Waals surface area contributed by atoms with Gasteiger partial charge in [0.15, 0.2) is 0 Å². The number of carbonyl (C=O) groups excluding carboxylic acids is 1. The highest BCUT2D eigenvalue weighted by atomic mass is 35.5. The standard InChI is InChI=1S/C19H26N4O2.ClH/c1-25-15-9-7-14(8-10-15)18-16(12-21-23-18)19(24)22-17(11-20)13-5-3-2-4-6-13;/h7-10,12-13,17H,2-6,11,20H2,1H3,(H,21,23)(H,22,24);1H. The second kappa shape index (κ2) is 9.59. The summed E-state index contributed by atoms with van der Waals surface area (Å²) in [6.45, 7) is 0.464. The molecule has 0 bridgehead atoms. The van der Waals surface area contributed by atoms with E-state index in [-0.39, 0.29) is 24.4 Å². The lowest BCUT2D eigenvalue weighted by atomic mass is 9.84. The van der Waals surface area contributed by atoms with Crippen LogP contribution in [0.25, 0.3) is 11.3 Å². The lowest BCUT2D eigenvalue weighted by Crippen LogP contribution is -2.45. The number of nitrogens with two attached hydrogens (primary N) is 1. The van der Waals surface area contributed by atoms with Crippen LogP contribution in [0.5, 0.6) is 5.75 Å². The van der Waals surface area contributed by atoms with Gasteiger partial charge in [-0.25, -0.2) is 0 Å². The maximum absolute atomic E-state index is 12.8. The summed E-state index contributed by atoms with van der Waals surface area (Å²) in [6, 6.07) is 7.56. The topological polar surface area (TPSA) is 93.0 Å². The van der Waals surface area contributed by atoms with Crippen LogP contribution < -0.4 is 15.8 Å². The number of hydrogen-bond donors (Lipinski definition) is 3. The number of amides is 1. The maximum atomic E-state index is 12.8. The third kappa shape index (κ3) is 4.56. The van der Waals surface area contributed by atoms with E-state index < -0.39 is 0 Å². The Balaban J connectivity index is 0.00000243. The highest BCUT2D eigenvalue weighted by Crippen LogP contribution is 2.27. The predicted molar refractivity (Wildman–Crippen MR) is 105 cm³/mol. The van der Waals surface area contributed by atoms with Crippen LogP contribution in [0, 0.1) is 5.92 Å². The smallest absolute Gasteiger partial charge is 0.255 e. The number of H-pyrrole nitrogens is 1. The number of aromatic nitrogens is 2. The molecule has 1 fully saturated rings. The fourth-order valence-corrected chi connectivity index (χ4v) is 3.59. The first-order valence-corrected chi connectivity index (χ1v) is 8.91. The minimum Gasteiger partial charge on any atom is -0.497 e. The van der Waals surface area contributed by atoms with Gasteiger partial charge in [0.2, 0.25) is 0 Å². The lowest BCUT2D eigenvalue weighted by molar-refractivity contribution is 0.0916. The number of ether oxygens (including phenoxy) is 1. The van der Waals surface area contributed by atoms with Gasteiger partial charge in [-0.3, -0.25) is 9.89 Å². The van der Waals surface area contributed by atoms with Gasteiger partial charge in [0.1, 0.15) is 5.75 Å². The molecule has 0 spiro atoms. The normalized spacial score (nSPS) is 15.8. The molecular formula is C19H27ClN4O2. The third-order valence-corrected chi connectivity index (χ3v) is 5.05. The van der Waals surface area contributed by atoms with Crippen LogP contribution in [0.15, 0.2) is 30.5 Å². The van der Waals surface area contributed by atoms with E-state index in [9.17, 15) is 4.79 Å². The van der Waals surface area contributed by atoms with Crippen molar-refractivity contribution in [2.45, 2.75) is 38.1 Å². The molecule has 1 unspecified atom stereocenters. The van der Waals surface area contributed by atoms with Gasteiger partial charge < -0.3 is 15.8 Å². The number of methoxy groups -OCH3 is 1. The number of halogens is 1. The van der Waals surface area contributed by atoms with Crippen LogP contribution in [-0.4, -0.2) is 35.8 Å². The largest absolute Gasteiger partial charge is 0.497 e. The number of nitrogens with zero attached hydrogens (tertiary/aromatic N) is 1. The number of benzene rings is 1. The van der Waals surface area contributed by atoms with Crippen molar-refractivity contribution >= 4 is 18.3 Å². The van der Waals surface area contributed by atoms with Crippen LogP contribution in [-0.2, 0) is 0 Å². The van der Waals surface area contributed by atoms with E-state index in [0.29, 0.717) is 23.7 Å². The van der Waals surface area contributed by atoms with Crippen LogP contribution in [0.3, 0.4) is 0 Å². The molecule has 1 atom stereocenters. The first-order valence-electron chi connectivity index (χ1n) is 8.91. The molecule has 1 saturated carbocycles. The molecule has 0 saturated heterocycles. The summed E-state index contributed by atoms with van der Waals surface area (Å²) < 4.78 is 5.18. The van der Waals surface area contributed by atoms with Gasteiger partial charge in [0.05, 0.1) is 24.6 Å². The molecular weight excluding hydrogens is 352 g/mol.